The maximum atomic E-state index is 11.3. The zero-order valence-corrected chi connectivity index (χ0v) is 11.3. The lowest BCUT2D eigenvalue weighted by atomic mass is 9.78. The maximum absolute atomic E-state index is 11.3. The Hall–Kier alpha value is -0.610. The normalized spacial score (nSPS) is 31.5. The summed E-state index contributed by atoms with van der Waals surface area (Å²) in [4.78, 5) is 13.5. The molecule has 0 heterocycles. The summed E-state index contributed by atoms with van der Waals surface area (Å²) in [6.45, 7) is 4.94. The van der Waals surface area contributed by atoms with E-state index in [0.717, 1.165) is 19.3 Å². The smallest absolute Gasteiger partial charge is 0.308 e. The Morgan fingerprint density at radius 2 is 2.18 bits per heavy atom. The average Bonchev–Trinajstić information content (AvgIpc) is 2.27. The van der Waals surface area contributed by atoms with Crippen molar-refractivity contribution in [3.63, 3.8) is 0 Å². The van der Waals surface area contributed by atoms with E-state index >= 15 is 0 Å². The van der Waals surface area contributed by atoms with E-state index in [4.69, 9.17) is 4.74 Å². The van der Waals surface area contributed by atoms with Crippen molar-refractivity contribution in [3.8, 4) is 0 Å². The van der Waals surface area contributed by atoms with E-state index in [1.54, 1.807) is 7.11 Å². The number of carbonyl (C=O) groups is 1. The first-order chi connectivity index (χ1) is 7.97. The third-order valence-electron chi connectivity index (χ3n) is 4.02. The summed E-state index contributed by atoms with van der Waals surface area (Å²) in [6, 6.07) is 0.401. The number of nitrogens with zero attached hydrogens (tertiary/aromatic N) is 1. The number of ether oxygens (including phenoxy) is 1. The number of aliphatic carboxylic acids is 1. The summed E-state index contributed by atoms with van der Waals surface area (Å²) in [6.07, 6.45) is 2.80. The number of hydrogen-bond acceptors (Lipinski definition) is 3. The third kappa shape index (κ3) is 3.68. The Morgan fingerprint density at radius 1 is 1.53 bits per heavy atom. The van der Waals surface area contributed by atoms with Gasteiger partial charge in [-0.25, -0.2) is 0 Å². The van der Waals surface area contributed by atoms with Crippen molar-refractivity contribution in [2.75, 3.05) is 20.8 Å². The van der Waals surface area contributed by atoms with Crippen molar-refractivity contribution in [1.29, 1.82) is 0 Å². The molecule has 0 aliphatic heterocycles. The van der Waals surface area contributed by atoms with Gasteiger partial charge in [-0.2, -0.15) is 0 Å². The fourth-order valence-corrected chi connectivity index (χ4v) is 2.77. The number of hydrogen-bond donors (Lipinski definition) is 1. The minimum absolute atomic E-state index is 0.140. The van der Waals surface area contributed by atoms with Gasteiger partial charge in [0.15, 0.2) is 0 Å². The van der Waals surface area contributed by atoms with E-state index in [2.05, 4.69) is 18.7 Å². The van der Waals surface area contributed by atoms with Crippen LogP contribution in [-0.2, 0) is 9.53 Å². The molecule has 1 rings (SSSR count). The first kappa shape index (κ1) is 14.5. The Bertz CT molecular complexity index is 257. The van der Waals surface area contributed by atoms with Gasteiger partial charge in [-0.05, 0) is 39.2 Å². The SMILES string of the molecule is COCC(C)N(C)C1CC(C)CCC1C(=O)O. The quantitative estimate of drug-likeness (QED) is 0.800. The van der Waals surface area contributed by atoms with Crippen LogP contribution in [0.1, 0.15) is 33.1 Å². The van der Waals surface area contributed by atoms with Crippen LogP contribution in [0.2, 0.25) is 0 Å². The monoisotopic (exact) mass is 243 g/mol. The molecule has 0 bridgehead atoms. The van der Waals surface area contributed by atoms with E-state index in [-0.39, 0.29) is 18.0 Å². The molecule has 0 amide bonds. The first-order valence-electron chi connectivity index (χ1n) is 6.41. The molecule has 1 aliphatic carbocycles. The van der Waals surface area contributed by atoms with Crippen LogP contribution in [0.25, 0.3) is 0 Å². The molecule has 0 aromatic rings. The Balaban J connectivity index is 2.71. The summed E-state index contributed by atoms with van der Waals surface area (Å²) in [7, 11) is 3.70. The van der Waals surface area contributed by atoms with Crippen molar-refractivity contribution in [1.82, 2.24) is 4.90 Å². The van der Waals surface area contributed by atoms with Crippen LogP contribution >= 0.6 is 0 Å². The Morgan fingerprint density at radius 3 is 2.71 bits per heavy atom. The van der Waals surface area contributed by atoms with Crippen molar-refractivity contribution < 1.29 is 14.6 Å². The van der Waals surface area contributed by atoms with Crippen molar-refractivity contribution in [2.24, 2.45) is 11.8 Å². The second kappa shape index (κ2) is 6.36. The molecule has 1 aliphatic rings. The molecular formula is C13H25NO3. The molecule has 1 N–H and O–H groups in total. The fraction of sp³-hybridized carbons (Fsp3) is 0.923. The summed E-state index contributed by atoms with van der Waals surface area (Å²) in [5.41, 5.74) is 0. The van der Waals surface area contributed by atoms with Gasteiger partial charge >= 0.3 is 5.97 Å². The lowest BCUT2D eigenvalue weighted by Crippen LogP contribution is -2.49. The van der Waals surface area contributed by atoms with E-state index < -0.39 is 5.97 Å². The third-order valence-corrected chi connectivity index (χ3v) is 4.02. The highest BCUT2D eigenvalue weighted by molar-refractivity contribution is 5.71. The molecule has 0 saturated heterocycles. The standard InChI is InChI=1S/C13H25NO3/c1-9-5-6-11(13(15)16)12(7-9)14(3)10(2)8-17-4/h9-12H,5-8H2,1-4H3,(H,15,16). The summed E-state index contributed by atoms with van der Waals surface area (Å²) in [5.74, 6) is -0.262. The van der Waals surface area contributed by atoms with E-state index in [9.17, 15) is 9.90 Å². The predicted octanol–water partition coefficient (Wildman–Crippen LogP) is 1.84. The minimum Gasteiger partial charge on any atom is -0.481 e. The van der Waals surface area contributed by atoms with E-state index in [1.807, 2.05) is 7.05 Å². The van der Waals surface area contributed by atoms with Gasteiger partial charge in [0.2, 0.25) is 0 Å². The van der Waals surface area contributed by atoms with Gasteiger partial charge in [0.1, 0.15) is 0 Å². The molecule has 0 aromatic carbocycles. The van der Waals surface area contributed by atoms with Crippen molar-refractivity contribution >= 4 is 5.97 Å². The molecular weight excluding hydrogens is 218 g/mol. The maximum Gasteiger partial charge on any atom is 0.308 e. The van der Waals surface area contributed by atoms with Gasteiger partial charge in [-0.3, -0.25) is 9.69 Å². The second-order valence-electron chi connectivity index (χ2n) is 5.40. The van der Waals surface area contributed by atoms with Crippen LogP contribution in [0.3, 0.4) is 0 Å². The molecule has 1 fully saturated rings. The van der Waals surface area contributed by atoms with Gasteiger partial charge in [-0.1, -0.05) is 6.92 Å². The van der Waals surface area contributed by atoms with Crippen molar-refractivity contribution in [2.45, 2.75) is 45.2 Å². The first-order valence-corrected chi connectivity index (χ1v) is 6.41. The molecule has 4 atom stereocenters. The molecule has 1 saturated carbocycles. The van der Waals surface area contributed by atoms with Crippen LogP contribution in [0.5, 0.6) is 0 Å². The second-order valence-corrected chi connectivity index (χ2v) is 5.40. The zero-order valence-electron chi connectivity index (χ0n) is 11.3. The summed E-state index contributed by atoms with van der Waals surface area (Å²) >= 11 is 0. The largest absolute Gasteiger partial charge is 0.481 e. The van der Waals surface area contributed by atoms with Crippen LogP contribution in [0.4, 0.5) is 0 Å². The van der Waals surface area contributed by atoms with Crippen LogP contribution < -0.4 is 0 Å². The summed E-state index contributed by atoms with van der Waals surface area (Å²) < 4.78 is 5.15. The molecule has 4 unspecified atom stereocenters. The lowest BCUT2D eigenvalue weighted by Gasteiger charge is -2.41. The van der Waals surface area contributed by atoms with Crippen LogP contribution in [0.15, 0.2) is 0 Å². The van der Waals surface area contributed by atoms with Gasteiger partial charge in [0.25, 0.3) is 0 Å². The number of rotatable bonds is 5. The van der Waals surface area contributed by atoms with Gasteiger partial charge in [0.05, 0.1) is 12.5 Å². The number of methoxy groups -OCH3 is 1. The van der Waals surface area contributed by atoms with E-state index in [0.29, 0.717) is 12.5 Å². The van der Waals surface area contributed by atoms with Crippen LogP contribution in [-0.4, -0.2) is 48.8 Å². The van der Waals surface area contributed by atoms with Crippen LogP contribution in [0, 0.1) is 11.8 Å². The lowest BCUT2D eigenvalue weighted by molar-refractivity contribution is -0.146. The van der Waals surface area contributed by atoms with Gasteiger partial charge < -0.3 is 9.84 Å². The molecule has 17 heavy (non-hydrogen) atoms. The molecule has 0 spiro atoms. The molecule has 0 radical (unpaired) electrons. The average molecular weight is 243 g/mol. The number of likely N-dealkylation sites (N-methyl/N-ethyl adjacent to an activating group) is 1. The molecule has 100 valence electrons. The topological polar surface area (TPSA) is 49.8 Å². The highest BCUT2D eigenvalue weighted by Crippen LogP contribution is 2.32. The highest BCUT2D eigenvalue weighted by Gasteiger charge is 2.37. The van der Waals surface area contributed by atoms with Gasteiger partial charge in [0, 0.05) is 19.2 Å². The number of carboxylic acid groups (broad SMARTS) is 1. The summed E-state index contributed by atoms with van der Waals surface area (Å²) in [5, 5.41) is 9.30. The number of carboxylic acids is 1. The Kier molecular flexibility index (Phi) is 5.40. The fourth-order valence-electron chi connectivity index (χ4n) is 2.77. The molecule has 4 nitrogen and oxygen atoms in total. The molecule has 0 aromatic heterocycles. The van der Waals surface area contributed by atoms with E-state index in [1.165, 1.54) is 0 Å². The Labute approximate surface area is 104 Å². The highest BCUT2D eigenvalue weighted by atomic mass is 16.5. The van der Waals surface area contributed by atoms with Gasteiger partial charge in [-0.15, -0.1) is 0 Å². The van der Waals surface area contributed by atoms with Crippen molar-refractivity contribution in [3.05, 3.63) is 0 Å². The minimum atomic E-state index is -0.654. The molecule has 4 heteroatoms. The zero-order chi connectivity index (χ0) is 13.0. The predicted molar refractivity (Wildman–Crippen MR) is 67.0 cm³/mol.